The molecule has 0 bridgehead atoms. The van der Waals surface area contributed by atoms with Crippen LogP contribution in [-0.4, -0.2) is 37.2 Å². The number of aromatic amines is 1. The third-order valence-electron chi connectivity index (χ3n) is 5.90. The number of para-hydroxylation sites is 1. The fourth-order valence-electron chi connectivity index (χ4n) is 4.28. The molecule has 3 aromatic carbocycles. The lowest BCUT2D eigenvalue weighted by atomic mass is 9.96. The summed E-state index contributed by atoms with van der Waals surface area (Å²) in [7, 11) is 1.49. The van der Waals surface area contributed by atoms with Crippen LogP contribution in [0, 0.1) is 0 Å². The second kappa shape index (κ2) is 11.5. The lowest BCUT2D eigenvalue weighted by Crippen LogP contribution is -2.13. The number of ether oxygens (including phenoxy) is 4. The largest absolute Gasteiger partial charge is 0.496 e. The van der Waals surface area contributed by atoms with E-state index in [1.807, 2.05) is 0 Å². The minimum absolute atomic E-state index is 0.0933. The zero-order valence-electron chi connectivity index (χ0n) is 21.5. The summed E-state index contributed by atoms with van der Waals surface area (Å²) in [6.07, 6.45) is -4.70. The second-order valence-corrected chi connectivity index (χ2v) is 8.37. The molecule has 10 heteroatoms. The van der Waals surface area contributed by atoms with Crippen LogP contribution in [0.1, 0.15) is 35.5 Å². The number of esters is 2. The predicted octanol–water partition coefficient (Wildman–Crippen LogP) is 6.94. The molecule has 1 heterocycles. The van der Waals surface area contributed by atoms with Gasteiger partial charge in [0, 0.05) is 27.7 Å². The Hall–Kier alpha value is -4.47. The maximum Gasteiger partial charge on any atom is 0.416 e. The number of fused-ring (bicyclic) bond motifs is 1. The molecule has 0 aliphatic carbocycles. The highest BCUT2D eigenvalue weighted by atomic mass is 19.4. The number of hydrogen-bond donors (Lipinski definition) is 1. The summed E-state index contributed by atoms with van der Waals surface area (Å²) in [6.45, 7) is 3.61. The Balaban J connectivity index is 1.97. The molecule has 0 aliphatic heterocycles. The minimum Gasteiger partial charge on any atom is -0.496 e. The average Bonchev–Trinajstić information content (AvgIpc) is 3.26. The SMILES string of the molecule is CCOC(=O)Cc1[nH]c2ccc(Oc3ccc(C(F)(F)F)cc3)c(-c3ccccc3OC)c2c1C(=O)OCC. The standard InChI is InChI=1S/C29H26F3NO6/c1-4-37-24(34)16-21-27(28(35)38-5-2)26-20(33-21)14-15-23(25(26)19-8-6-7-9-22(19)36-3)39-18-12-10-17(11-13-18)29(30,31)32/h6-15,33H,4-5,16H2,1-3H3. The summed E-state index contributed by atoms with van der Waals surface area (Å²) in [6, 6.07) is 14.6. The lowest BCUT2D eigenvalue weighted by molar-refractivity contribution is -0.142. The first kappa shape index (κ1) is 27.6. The second-order valence-electron chi connectivity index (χ2n) is 8.37. The van der Waals surface area contributed by atoms with Gasteiger partial charge in [0.1, 0.15) is 17.2 Å². The number of hydrogen-bond acceptors (Lipinski definition) is 6. The molecule has 0 atom stereocenters. The van der Waals surface area contributed by atoms with Crippen LogP contribution in [-0.2, 0) is 26.9 Å². The Morgan fingerprint density at radius 2 is 1.56 bits per heavy atom. The van der Waals surface area contributed by atoms with Crippen molar-refractivity contribution in [3.05, 3.63) is 77.5 Å². The van der Waals surface area contributed by atoms with E-state index in [4.69, 9.17) is 18.9 Å². The maximum absolute atomic E-state index is 13.2. The van der Waals surface area contributed by atoms with Crippen LogP contribution >= 0.6 is 0 Å². The third kappa shape index (κ3) is 5.84. The molecule has 0 spiro atoms. The Labute approximate surface area is 222 Å². The lowest BCUT2D eigenvalue weighted by Gasteiger charge is -2.17. The van der Waals surface area contributed by atoms with Gasteiger partial charge in [0.2, 0.25) is 0 Å². The summed E-state index contributed by atoms with van der Waals surface area (Å²) in [5.74, 6) is -0.330. The molecule has 4 aromatic rings. The molecule has 1 aromatic heterocycles. The highest BCUT2D eigenvalue weighted by molar-refractivity contribution is 6.13. The Morgan fingerprint density at radius 3 is 2.21 bits per heavy atom. The number of rotatable bonds is 9. The first-order valence-electron chi connectivity index (χ1n) is 12.2. The van der Waals surface area contributed by atoms with Crippen molar-refractivity contribution in [2.24, 2.45) is 0 Å². The van der Waals surface area contributed by atoms with E-state index < -0.39 is 23.7 Å². The van der Waals surface area contributed by atoms with Gasteiger partial charge in [-0.25, -0.2) is 4.79 Å². The molecule has 204 valence electrons. The van der Waals surface area contributed by atoms with Crippen LogP contribution in [0.5, 0.6) is 17.2 Å². The van der Waals surface area contributed by atoms with E-state index in [1.54, 1.807) is 50.2 Å². The average molecular weight is 542 g/mol. The highest BCUT2D eigenvalue weighted by Crippen LogP contribution is 2.45. The summed E-state index contributed by atoms with van der Waals surface area (Å²) < 4.78 is 61.3. The van der Waals surface area contributed by atoms with Crippen LogP contribution < -0.4 is 9.47 Å². The van der Waals surface area contributed by atoms with Crippen molar-refractivity contribution in [1.29, 1.82) is 0 Å². The van der Waals surface area contributed by atoms with E-state index in [2.05, 4.69) is 4.98 Å². The third-order valence-corrected chi connectivity index (χ3v) is 5.90. The van der Waals surface area contributed by atoms with Crippen molar-refractivity contribution in [3.8, 4) is 28.4 Å². The van der Waals surface area contributed by atoms with Crippen LogP contribution in [0.3, 0.4) is 0 Å². The van der Waals surface area contributed by atoms with Crippen molar-refractivity contribution in [2.45, 2.75) is 26.4 Å². The number of H-pyrrole nitrogens is 1. The van der Waals surface area contributed by atoms with Crippen molar-refractivity contribution in [1.82, 2.24) is 4.98 Å². The summed E-state index contributed by atoms with van der Waals surface area (Å²) in [5.41, 5.74) is 1.11. The molecule has 7 nitrogen and oxygen atoms in total. The van der Waals surface area contributed by atoms with Gasteiger partial charge in [0.05, 0.1) is 37.9 Å². The Morgan fingerprint density at radius 1 is 0.872 bits per heavy atom. The van der Waals surface area contributed by atoms with Crippen molar-refractivity contribution in [3.63, 3.8) is 0 Å². The Bertz CT molecular complexity index is 1490. The van der Waals surface area contributed by atoms with Gasteiger partial charge in [-0.2, -0.15) is 13.2 Å². The van der Waals surface area contributed by atoms with Gasteiger partial charge in [-0.1, -0.05) is 18.2 Å². The summed E-state index contributed by atoms with van der Waals surface area (Å²) >= 11 is 0. The zero-order valence-corrected chi connectivity index (χ0v) is 21.5. The minimum atomic E-state index is -4.49. The van der Waals surface area contributed by atoms with Gasteiger partial charge >= 0.3 is 18.1 Å². The smallest absolute Gasteiger partial charge is 0.416 e. The maximum atomic E-state index is 13.2. The van der Waals surface area contributed by atoms with Gasteiger partial charge < -0.3 is 23.9 Å². The molecule has 0 radical (unpaired) electrons. The molecule has 1 N–H and O–H groups in total. The number of methoxy groups -OCH3 is 1. The number of aromatic nitrogens is 1. The number of halogens is 3. The van der Waals surface area contributed by atoms with Crippen molar-refractivity contribution < 1.29 is 41.7 Å². The predicted molar refractivity (Wildman–Crippen MR) is 138 cm³/mol. The van der Waals surface area contributed by atoms with Crippen LogP contribution in [0.25, 0.3) is 22.0 Å². The van der Waals surface area contributed by atoms with Gasteiger partial charge in [-0.15, -0.1) is 0 Å². The van der Waals surface area contributed by atoms with E-state index in [0.29, 0.717) is 33.5 Å². The first-order valence-corrected chi connectivity index (χ1v) is 12.2. The topological polar surface area (TPSA) is 86.9 Å². The normalized spacial score (nSPS) is 11.3. The number of nitrogens with one attached hydrogen (secondary N) is 1. The number of carbonyl (C=O) groups excluding carboxylic acids is 2. The van der Waals surface area contributed by atoms with Gasteiger partial charge in [0.25, 0.3) is 0 Å². The molecule has 4 rings (SSSR count). The van der Waals surface area contributed by atoms with Crippen molar-refractivity contribution >= 4 is 22.8 Å². The quantitative estimate of drug-likeness (QED) is 0.231. The zero-order chi connectivity index (χ0) is 28.2. The van der Waals surface area contributed by atoms with Crippen LogP contribution in [0.2, 0.25) is 0 Å². The van der Waals surface area contributed by atoms with Crippen LogP contribution in [0.4, 0.5) is 13.2 Å². The van der Waals surface area contributed by atoms with Gasteiger partial charge in [-0.05, 0) is 56.3 Å². The number of carbonyl (C=O) groups is 2. The van der Waals surface area contributed by atoms with E-state index >= 15 is 0 Å². The van der Waals surface area contributed by atoms with Crippen LogP contribution in [0.15, 0.2) is 60.7 Å². The Kier molecular flexibility index (Phi) is 8.13. The molecular formula is C29H26F3NO6. The van der Waals surface area contributed by atoms with E-state index in [1.165, 1.54) is 19.2 Å². The molecule has 0 aliphatic rings. The molecule has 0 fully saturated rings. The van der Waals surface area contributed by atoms with E-state index in [-0.39, 0.29) is 36.7 Å². The monoisotopic (exact) mass is 541 g/mol. The molecule has 0 saturated carbocycles. The van der Waals surface area contributed by atoms with Gasteiger partial charge in [-0.3, -0.25) is 4.79 Å². The summed E-state index contributed by atoms with van der Waals surface area (Å²) in [4.78, 5) is 28.7. The van der Waals surface area contributed by atoms with Crippen molar-refractivity contribution in [2.75, 3.05) is 20.3 Å². The number of benzene rings is 3. The highest BCUT2D eigenvalue weighted by Gasteiger charge is 2.31. The van der Waals surface area contributed by atoms with E-state index in [9.17, 15) is 22.8 Å². The molecular weight excluding hydrogens is 515 g/mol. The fourth-order valence-corrected chi connectivity index (χ4v) is 4.28. The van der Waals surface area contributed by atoms with E-state index in [0.717, 1.165) is 12.1 Å². The van der Waals surface area contributed by atoms with Gasteiger partial charge in [0.15, 0.2) is 0 Å². The first-order chi connectivity index (χ1) is 18.7. The molecule has 0 unspecified atom stereocenters. The molecule has 0 saturated heterocycles. The number of alkyl halides is 3. The molecule has 39 heavy (non-hydrogen) atoms. The summed E-state index contributed by atoms with van der Waals surface area (Å²) in [5, 5.41) is 0.404. The molecule has 0 amide bonds. The fraction of sp³-hybridized carbons (Fsp3) is 0.241.